The number of amides is 1. The van der Waals surface area contributed by atoms with Crippen LogP contribution in [0.25, 0.3) is 11.3 Å². The smallest absolute Gasteiger partial charge is 0.219 e. The van der Waals surface area contributed by atoms with Crippen LogP contribution in [-0.2, 0) is 4.79 Å². The molecule has 1 fully saturated rings. The molecular formula is C23H25N5O. The summed E-state index contributed by atoms with van der Waals surface area (Å²) in [6.45, 7) is 5.16. The van der Waals surface area contributed by atoms with E-state index in [0.717, 1.165) is 48.0 Å². The van der Waals surface area contributed by atoms with Crippen molar-refractivity contribution in [2.45, 2.75) is 32.6 Å². The zero-order valence-electron chi connectivity index (χ0n) is 16.8. The number of pyridine rings is 1. The van der Waals surface area contributed by atoms with E-state index in [2.05, 4.69) is 29.4 Å². The van der Waals surface area contributed by atoms with Crippen LogP contribution in [0.3, 0.4) is 0 Å². The van der Waals surface area contributed by atoms with Crippen molar-refractivity contribution in [1.29, 1.82) is 0 Å². The maximum absolute atomic E-state index is 11.9. The van der Waals surface area contributed by atoms with E-state index in [1.165, 1.54) is 5.56 Å². The number of piperidine rings is 1. The highest BCUT2D eigenvalue weighted by Crippen LogP contribution is 2.29. The van der Waals surface area contributed by atoms with Gasteiger partial charge in [0.05, 0.1) is 5.69 Å². The Kier molecular flexibility index (Phi) is 5.51. The predicted molar refractivity (Wildman–Crippen MR) is 114 cm³/mol. The molecule has 6 heteroatoms. The second-order valence-corrected chi connectivity index (χ2v) is 7.54. The van der Waals surface area contributed by atoms with Crippen LogP contribution in [-0.4, -0.2) is 38.8 Å². The second-order valence-electron chi connectivity index (χ2n) is 7.54. The zero-order valence-corrected chi connectivity index (χ0v) is 16.8. The fourth-order valence-electron chi connectivity index (χ4n) is 3.72. The average Bonchev–Trinajstić information content (AvgIpc) is 2.74. The van der Waals surface area contributed by atoms with Crippen molar-refractivity contribution in [3.05, 3.63) is 66.2 Å². The van der Waals surface area contributed by atoms with E-state index in [0.29, 0.717) is 6.54 Å². The molecule has 148 valence electrons. The summed E-state index contributed by atoms with van der Waals surface area (Å²) in [5.74, 6) is 1.76. The fraction of sp³-hybridized carbons (Fsp3) is 0.304. The first kappa shape index (κ1) is 19.1. The van der Waals surface area contributed by atoms with Gasteiger partial charge in [-0.05, 0) is 49.6 Å². The minimum Gasteiger partial charge on any atom is -0.342 e. The van der Waals surface area contributed by atoms with Gasteiger partial charge >= 0.3 is 0 Å². The highest BCUT2D eigenvalue weighted by Gasteiger charge is 2.25. The molecule has 1 atom stereocenters. The van der Waals surface area contributed by atoms with Gasteiger partial charge in [0.25, 0.3) is 0 Å². The van der Waals surface area contributed by atoms with Crippen molar-refractivity contribution < 1.29 is 4.79 Å². The molecule has 1 aliphatic heterocycles. The van der Waals surface area contributed by atoms with Crippen molar-refractivity contribution in [3.63, 3.8) is 0 Å². The summed E-state index contributed by atoms with van der Waals surface area (Å²) in [6, 6.07) is 14.1. The molecule has 3 heterocycles. The number of hydrogen-bond acceptors (Lipinski definition) is 5. The number of likely N-dealkylation sites (tertiary alicyclic amines) is 1. The molecule has 1 aliphatic rings. The Morgan fingerprint density at radius 2 is 2.07 bits per heavy atom. The van der Waals surface area contributed by atoms with Gasteiger partial charge in [-0.15, -0.1) is 0 Å². The monoisotopic (exact) mass is 387 g/mol. The van der Waals surface area contributed by atoms with Gasteiger partial charge < -0.3 is 10.2 Å². The van der Waals surface area contributed by atoms with Crippen molar-refractivity contribution in [3.8, 4) is 11.3 Å². The number of nitrogens with zero attached hydrogens (tertiary/aromatic N) is 4. The normalized spacial score (nSPS) is 16.5. The van der Waals surface area contributed by atoms with Crippen LogP contribution in [0.4, 0.5) is 11.5 Å². The van der Waals surface area contributed by atoms with Crippen LogP contribution < -0.4 is 5.32 Å². The number of aryl methyl sites for hydroxylation is 1. The Morgan fingerprint density at radius 1 is 1.17 bits per heavy atom. The van der Waals surface area contributed by atoms with Crippen molar-refractivity contribution in [2.75, 3.05) is 18.4 Å². The predicted octanol–water partition coefficient (Wildman–Crippen LogP) is 4.32. The number of carbonyl (C=O) groups is 1. The number of rotatable bonds is 4. The minimum absolute atomic E-state index is 0.108. The van der Waals surface area contributed by atoms with Crippen LogP contribution in [0.2, 0.25) is 0 Å². The van der Waals surface area contributed by atoms with E-state index in [1.54, 1.807) is 13.1 Å². The van der Waals surface area contributed by atoms with E-state index in [1.807, 2.05) is 41.4 Å². The zero-order chi connectivity index (χ0) is 20.2. The van der Waals surface area contributed by atoms with Gasteiger partial charge in [-0.25, -0.2) is 9.97 Å². The third-order valence-corrected chi connectivity index (χ3v) is 5.22. The van der Waals surface area contributed by atoms with Crippen molar-refractivity contribution in [1.82, 2.24) is 19.9 Å². The summed E-state index contributed by atoms with van der Waals surface area (Å²) in [5.41, 5.74) is 3.95. The van der Waals surface area contributed by atoms with Crippen molar-refractivity contribution in [2.24, 2.45) is 0 Å². The Labute approximate surface area is 171 Å². The highest BCUT2D eigenvalue weighted by atomic mass is 16.2. The first-order valence-corrected chi connectivity index (χ1v) is 9.97. The molecule has 0 bridgehead atoms. The van der Waals surface area contributed by atoms with Gasteiger partial charge in [0.1, 0.15) is 11.6 Å². The molecule has 1 aromatic carbocycles. The fourth-order valence-corrected chi connectivity index (χ4v) is 3.72. The Balaban J connectivity index is 1.71. The van der Waals surface area contributed by atoms with E-state index >= 15 is 0 Å². The van der Waals surface area contributed by atoms with Gasteiger partial charge in [0.2, 0.25) is 5.91 Å². The summed E-state index contributed by atoms with van der Waals surface area (Å²) < 4.78 is 0. The van der Waals surface area contributed by atoms with E-state index in [9.17, 15) is 4.79 Å². The SMILES string of the molecule is CC(=O)N1CCCC(c2nc(Nc3cccc(C)c3)cc(-c3cccnc3)n2)C1. The van der Waals surface area contributed by atoms with E-state index in [-0.39, 0.29) is 11.8 Å². The molecular weight excluding hydrogens is 362 g/mol. The molecule has 4 rings (SSSR count). The molecule has 1 N–H and O–H groups in total. The summed E-state index contributed by atoms with van der Waals surface area (Å²) in [5, 5.41) is 3.42. The molecule has 0 saturated carbocycles. The standard InChI is InChI=1S/C23H25N5O/c1-16-6-3-9-20(12-16)25-22-13-21(18-7-4-10-24-14-18)26-23(27-22)19-8-5-11-28(15-19)17(2)29/h3-4,6-7,9-10,12-14,19H,5,8,11,15H2,1-2H3,(H,25,26,27). The first-order chi connectivity index (χ1) is 14.1. The van der Waals surface area contributed by atoms with Crippen LogP contribution in [0.5, 0.6) is 0 Å². The largest absolute Gasteiger partial charge is 0.342 e. The highest BCUT2D eigenvalue weighted by molar-refractivity contribution is 5.73. The molecule has 1 saturated heterocycles. The average molecular weight is 387 g/mol. The van der Waals surface area contributed by atoms with E-state index < -0.39 is 0 Å². The molecule has 1 amide bonds. The lowest BCUT2D eigenvalue weighted by molar-refractivity contribution is -0.130. The van der Waals surface area contributed by atoms with Crippen LogP contribution >= 0.6 is 0 Å². The molecule has 29 heavy (non-hydrogen) atoms. The van der Waals surface area contributed by atoms with Gasteiger partial charge in [-0.1, -0.05) is 12.1 Å². The summed E-state index contributed by atoms with van der Waals surface area (Å²) in [6.07, 6.45) is 5.50. The lowest BCUT2D eigenvalue weighted by atomic mass is 9.97. The van der Waals surface area contributed by atoms with Gasteiger partial charge in [0.15, 0.2) is 0 Å². The van der Waals surface area contributed by atoms with E-state index in [4.69, 9.17) is 9.97 Å². The quantitative estimate of drug-likeness (QED) is 0.722. The summed E-state index contributed by atoms with van der Waals surface area (Å²) in [7, 11) is 0. The van der Waals surface area contributed by atoms with Crippen LogP contribution in [0.1, 0.15) is 37.1 Å². The third-order valence-electron chi connectivity index (χ3n) is 5.22. The molecule has 0 aliphatic carbocycles. The second kappa shape index (κ2) is 8.39. The first-order valence-electron chi connectivity index (χ1n) is 9.97. The summed E-state index contributed by atoms with van der Waals surface area (Å²) >= 11 is 0. The lowest BCUT2D eigenvalue weighted by Crippen LogP contribution is -2.38. The number of nitrogens with one attached hydrogen (secondary N) is 1. The van der Waals surface area contributed by atoms with Crippen LogP contribution in [0, 0.1) is 6.92 Å². The maximum atomic E-state index is 11.9. The maximum Gasteiger partial charge on any atom is 0.219 e. The molecule has 6 nitrogen and oxygen atoms in total. The van der Waals surface area contributed by atoms with Crippen LogP contribution in [0.15, 0.2) is 54.9 Å². The molecule has 0 radical (unpaired) electrons. The Bertz CT molecular complexity index is 1010. The number of anilines is 2. The number of aromatic nitrogens is 3. The number of benzene rings is 1. The molecule has 0 spiro atoms. The lowest BCUT2D eigenvalue weighted by Gasteiger charge is -2.31. The Morgan fingerprint density at radius 3 is 2.83 bits per heavy atom. The summed E-state index contributed by atoms with van der Waals surface area (Å²) in [4.78, 5) is 27.7. The minimum atomic E-state index is 0.108. The number of carbonyl (C=O) groups excluding carboxylic acids is 1. The molecule has 3 aromatic rings. The number of hydrogen-bond donors (Lipinski definition) is 1. The Hall–Kier alpha value is -3.28. The molecule has 2 aromatic heterocycles. The third kappa shape index (κ3) is 4.59. The molecule has 1 unspecified atom stereocenters. The van der Waals surface area contributed by atoms with Gasteiger partial charge in [-0.2, -0.15) is 0 Å². The van der Waals surface area contributed by atoms with Gasteiger partial charge in [-0.3, -0.25) is 9.78 Å². The van der Waals surface area contributed by atoms with Gasteiger partial charge in [0, 0.05) is 55.6 Å². The van der Waals surface area contributed by atoms with Crippen molar-refractivity contribution >= 4 is 17.4 Å². The topological polar surface area (TPSA) is 71.0 Å².